The summed E-state index contributed by atoms with van der Waals surface area (Å²) >= 11 is 0. The summed E-state index contributed by atoms with van der Waals surface area (Å²) in [5.74, 6) is -1.10. The molecule has 1 aliphatic heterocycles. The number of para-hydroxylation sites is 1. The Kier molecular flexibility index (Phi) is 7.24. The van der Waals surface area contributed by atoms with E-state index >= 15 is 0 Å². The van der Waals surface area contributed by atoms with Crippen molar-refractivity contribution in [1.29, 1.82) is 0 Å². The molecule has 1 aliphatic rings. The first-order valence-electron chi connectivity index (χ1n) is 11.6. The van der Waals surface area contributed by atoms with Crippen LogP contribution in [0.2, 0.25) is 0 Å². The Balaban J connectivity index is 1.50. The normalized spacial score (nSPS) is 15.2. The van der Waals surface area contributed by atoms with E-state index in [0.717, 1.165) is 22.4 Å². The smallest absolute Gasteiger partial charge is 0.253 e. The Bertz CT molecular complexity index is 1280. The number of nitrogens with zero attached hydrogens (tertiary/aromatic N) is 1. The lowest BCUT2D eigenvalue weighted by molar-refractivity contribution is -0.136. The fraction of sp³-hybridized carbons (Fsp3) is 0.250. The number of hydrogen-bond acceptors (Lipinski definition) is 5. The number of ether oxygens (including phenoxy) is 2. The molecule has 0 saturated carbocycles. The lowest BCUT2D eigenvalue weighted by atomic mass is 9.95. The molecule has 8 nitrogen and oxygen atoms in total. The minimum atomic E-state index is -1.02. The Morgan fingerprint density at radius 1 is 0.917 bits per heavy atom. The molecule has 0 radical (unpaired) electrons. The lowest BCUT2D eigenvalue weighted by Crippen LogP contribution is -2.45. The first-order valence-corrected chi connectivity index (χ1v) is 11.6. The first kappa shape index (κ1) is 24.8. The van der Waals surface area contributed by atoms with Crippen molar-refractivity contribution in [2.75, 3.05) is 26.2 Å². The Labute approximate surface area is 210 Å². The van der Waals surface area contributed by atoms with Gasteiger partial charge in [0.2, 0.25) is 11.8 Å². The number of likely N-dealkylation sites (N-methyl/N-ethyl adjacent to an activating group) is 1. The van der Waals surface area contributed by atoms with Gasteiger partial charge in [0.25, 0.3) is 5.91 Å². The summed E-state index contributed by atoms with van der Waals surface area (Å²) in [6, 6.07) is 19.5. The standard InChI is InChI=1S/C28H29N3O5/c1-17(26(32)29-16-18-13-19(35-3)15-20(14-18)36-4)27(33)30-25-23-11-6-5-9-21(23)22-10-7-8-12-24(22)31(2)28(25)34/h5-15,17,25H,16H2,1-4H3,(H,29,32)(H,30,33). The van der Waals surface area contributed by atoms with Gasteiger partial charge in [-0.25, -0.2) is 0 Å². The number of methoxy groups -OCH3 is 2. The van der Waals surface area contributed by atoms with Crippen LogP contribution in [0.4, 0.5) is 5.69 Å². The van der Waals surface area contributed by atoms with Crippen LogP contribution in [0, 0.1) is 5.92 Å². The van der Waals surface area contributed by atoms with Gasteiger partial charge in [-0.1, -0.05) is 42.5 Å². The van der Waals surface area contributed by atoms with Crippen molar-refractivity contribution in [3.8, 4) is 22.6 Å². The number of benzene rings is 3. The van der Waals surface area contributed by atoms with Crippen molar-refractivity contribution in [2.24, 2.45) is 5.92 Å². The molecule has 0 fully saturated rings. The minimum Gasteiger partial charge on any atom is -0.497 e. The quantitative estimate of drug-likeness (QED) is 0.498. The maximum absolute atomic E-state index is 13.4. The number of carbonyl (C=O) groups excluding carboxylic acids is 3. The SMILES string of the molecule is COc1cc(CNC(=O)C(C)C(=O)NC2C(=O)N(C)c3ccccc3-c3ccccc32)cc(OC)c1. The molecule has 36 heavy (non-hydrogen) atoms. The fourth-order valence-electron chi connectivity index (χ4n) is 4.27. The molecule has 0 bridgehead atoms. The van der Waals surface area contributed by atoms with Gasteiger partial charge in [-0.2, -0.15) is 0 Å². The first-order chi connectivity index (χ1) is 17.3. The monoisotopic (exact) mass is 487 g/mol. The van der Waals surface area contributed by atoms with E-state index in [0.29, 0.717) is 17.1 Å². The van der Waals surface area contributed by atoms with Gasteiger partial charge in [0.05, 0.1) is 19.9 Å². The summed E-state index contributed by atoms with van der Waals surface area (Å²) in [5, 5.41) is 5.59. The van der Waals surface area contributed by atoms with E-state index in [1.807, 2.05) is 48.5 Å². The molecule has 2 unspecified atom stereocenters. The van der Waals surface area contributed by atoms with E-state index in [1.54, 1.807) is 44.4 Å². The molecule has 4 rings (SSSR count). The van der Waals surface area contributed by atoms with E-state index in [2.05, 4.69) is 10.6 Å². The number of rotatable bonds is 7. The second kappa shape index (κ2) is 10.5. The molecular weight excluding hydrogens is 458 g/mol. The van der Waals surface area contributed by atoms with Crippen LogP contribution in [-0.4, -0.2) is 39.0 Å². The largest absolute Gasteiger partial charge is 0.497 e. The van der Waals surface area contributed by atoms with E-state index in [1.165, 1.54) is 6.92 Å². The topological polar surface area (TPSA) is 97.0 Å². The number of nitrogens with one attached hydrogen (secondary N) is 2. The number of hydrogen-bond donors (Lipinski definition) is 2. The van der Waals surface area contributed by atoms with Crippen molar-refractivity contribution in [1.82, 2.24) is 10.6 Å². The van der Waals surface area contributed by atoms with Gasteiger partial charge in [-0.3, -0.25) is 14.4 Å². The number of carbonyl (C=O) groups is 3. The molecule has 1 heterocycles. The summed E-state index contributed by atoms with van der Waals surface area (Å²) in [6.45, 7) is 1.70. The van der Waals surface area contributed by atoms with E-state index in [4.69, 9.17) is 9.47 Å². The van der Waals surface area contributed by atoms with E-state index in [9.17, 15) is 14.4 Å². The molecule has 0 aromatic heterocycles. The van der Waals surface area contributed by atoms with E-state index in [-0.39, 0.29) is 12.5 Å². The lowest BCUT2D eigenvalue weighted by Gasteiger charge is -2.24. The van der Waals surface area contributed by atoms with Crippen molar-refractivity contribution in [2.45, 2.75) is 19.5 Å². The third kappa shape index (κ3) is 4.88. The number of fused-ring (bicyclic) bond motifs is 3. The molecule has 0 spiro atoms. The van der Waals surface area contributed by atoms with Crippen molar-refractivity contribution >= 4 is 23.4 Å². The molecule has 8 heteroatoms. The molecule has 3 aromatic carbocycles. The predicted octanol–water partition coefficient (Wildman–Crippen LogP) is 3.46. The summed E-state index contributed by atoms with van der Waals surface area (Å²) in [7, 11) is 4.78. The molecule has 2 N–H and O–H groups in total. The third-order valence-electron chi connectivity index (χ3n) is 6.36. The number of amides is 3. The predicted molar refractivity (Wildman–Crippen MR) is 137 cm³/mol. The molecular formula is C28H29N3O5. The highest BCUT2D eigenvalue weighted by molar-refractivity contribution is 6.07. The Morgan fingerprint density at radius 2 is 1.53 bits per heavy atom. The van der Waals surface area contributed by atoms with Gasteiger partial charge in [-0.15, -0.1) is 0 Å². The van der Waals surface area contributed by atoms with Crippen molar-refractivity contribution in [3.63, 3.8) is 0 Å². The van der Waals surface area contributed by atoms with Gasteiger partial charge in [0.1, 0.15) is 23.5 Å². The van der Waals surface area contributed by atoms with Crippen LogP contribution in [0.25, 0.3) is 11.1 Å². The molecule has 0 aliphatic carbocycles. The van der Waals surface area contributed by atoms with Crippen LogP contribution in [0.1, 0.15) is 24.1 Å². The summed E-state index contributed by atoms with van der Waals surface area (Å²) in [4.78, 5) is 40.9. The summed E-state index contributed by atoms with van der Waals surface area (Å²) in [5.41, 5.74) is 3.97. The average molecular weight is 488 g/mol. The van der Waals surface area contributed by atoms with Crippen LogP contribution in [0.3, 0.4) is 0 Å². The van der Waals surface area contributed by atoms with E-state index < -0.39 is 23.8 Å². The highest BCUT2D eigenvalue weighted by atomic mass is 16.5. The van der Waals surface area contributed by atoms with Gasteiger partial charge < -0.3 is 25.0 Å². The number of anilines is 1. The summed E-state index contributed by atoms with van der Waals surface area (Å²) in [6.07, 6.45) is 0. The highest BCUT2D eigenvalue weighted by Gasteiger charge is 2.35. The zero-order chi connectivity index (χ0) is 25.8. The minimum absolute atomic E-state index is 0.188. The molecule has 3 amide bonds. The van der Waals surface area contributed by atoms with Gasteiger partial charge in [-0.05, 0) is 41.8 Å². The maximum atomic E-state index is 13.4. The van der Waals surface area contributed by atoms with Gasteiger partial charge in [0, 0.05) is 25.2 Å². The average Bonchev–Trinajstić information content (AvgIpc) is 3.00. The van der Waals surface area contributed by atoms with Crippen LogP contribution < -0.4 is 25.0 Å². The fourth-order valence-corrected chi connectivity index (χ4v) is 4.27. The Morgan fingerprint density at radius 3 is 2.19 bits per heavy atom. The van der Waals surface area contributed by atoms with Crippen molar-refractivity contribution in [3.05, 3.63) is 77.9 Å². The van der Waals surface area contributed by atoms with Crippen LogP contribution in [0.15, 0.2) is 66.7 Å². The zero-order valence-corrected chi connectivity index (χ0v) is 20.7. The second-order valence-corrected chi connectivity index (χ2v) is 8.60. The summed E-state index contributed by atoms with van der Waals surface area (Å²) < 4.78 is 10.5. The molecule has 3 aromatic rings. The van der Waals surface area contributed by atoms with Crippen molar-refractivity contribution < 1.29 is 23.9 Å². The molecule has 2 atom stereocenters. The Hall–Kier alpha value is -4.33. The van der Waals surface area contributed by atoms with Crippen LogP contribution in [-0.2, 0) is 20.9 Å². The second-order valence-electron chi connectivity index (χ2n) is 8.60. The zero-order valence-electron chi connectivity index (χ0n) is 20.7. The van der Waals surface area contributed by atoms with Gasteiger partial charge >= 0.3 is 0 Å². The molecule has 0 saturated heterocycles. The highest BCUT2D eigenvalue weighted by Crippen LogP contribution is 2.39. The maximum Gasteiger partial charge on any atom is 0.253 e. The van der Waals surface area contributed by atoms with Crippen LogP contribution >= 0.6 is 0 Å². The van der Waals surface area contributed by atoms with Gasteiger partial charge in [0.15, 0.2) is 0 Å². The third-order valence-corrected chi connectivity index (χ3v) is 6.36. The molecule has 186 valence electrons. The van der Waals surface area contributed by atoms with Crippen LogP contribution in [0.5, 0.6) is 11.5 Å².